The molecule has 110 valence electrons. The van der Waals surface area contributed by atoms with Gasteiger partial charge in [-0.25, -0.2) is 0 Å². The molecule has 3 rings (SSSR count). The molecular weight excluding hydrogens is 270 g/mol. The molecule has 2 aromatic rings. The number of aliphatic hydroxyl groups excluding tert-OH is 1. The van der Waals surface area contributed by atoms with E-state index in [4.69, 9.17) is 0 Å². The first kappa shape index (κ1) is 13.8. The second-order valence-corrected chi connectivity index (χ2v) is 5.40. The molecule has 1 aromatic carbocycles. The number of carboxylic acids is 1. The first-order chi connectivity index (χ1) is 10.1. The number of aryl methyl sites for hydroxylation is 1. The van der Waals surface area contributed by atoms with Crippen molar-refractivity contribution in [2.24, 2.45) is 5.92 Å². The molecule has 0 saturated carbocycles. The number of hydrogen-bond donors (Lipinski definition) is 2. The summed E-state index contributed by atoms with van der Waals surface area (Å²) < 4.78 is 0. The molecule has 1 aliphatic heterocycles. The number of fused-ring (bicyclic) bond motifs is 1. The third-order valence-corrected chi connectivity index (χ3v) is 4.05. The van der Waals surface area contributed by atoms with E-state index in [1.165, 1.54) is 0 Å². The Bertz CT molecular complexity index is 689. The first-order valence-electron chi connectivity index (χ1n) is 6.96. The van der Waals surface area contributed by atoms with Crippen molar-refractivity contribution >= 4 is 22.6 Å². The molecule has 2 heterocycles. The summed E-state index contributed by atoms with van der Waals surface area (Å²) in [7, 11) is 0. The van der Waals surface area contributed by atoms with E-state index in [2.05, 4.69) is 10.2 Å². The maximum atomic E-state index is 11.2. The van der Waals surface area contributed by atoms with Gasteiger partial charge in [-0.1, -0.05) is 24.3 Å². The summed E-state index contributed by atoms with van der Waals surface area (Å²) in [5.41, 5.74) is 0.848. The van der Waals surface area contributed by atoms with Crippen molar-refractivity contribution in [3.8, 4) is 0 Å². The summed E-state index contributed by atoms with van der Waals surface area (Å²) in [5.74, 6) is -1.08. The summed E-state index contributed by atoms with van der Waals surface area (Å²) in [4.78, 5) is 13.1. The standard InChI is InChI=1S/C15H17N3O3/c1-9-10-4-2-3-5-11(10)14(17-16-9)18-7-6-13(19)12(8-18)15(20)21/h2-5,12-13,19H,6-8H2,1H3,(H,20,21)/t12-,13-/m1/s1. The van der Waals surface area contributed by atoms with Gasteiger partial charge in [0.2, 0.25) is 0 Å². The van der Waals surface area contributed by atoms with Gasteiger partial charge < -0.3 is 15.1 Å². The van der Waals surface area contributed by atoms with Crippen LogP contribution in [0.4, 0.5) is 5.82 Å². The van der Waals surface area contributed by atoms with Gasteiger partial charge in [0.1, 0.15) is 5.92 Å². The number of nitrogens with zero attached hydrogens (tertiary/aromatic N) is 3. The number of aliphatic hydroxyl groups is 1. The zero-order valence-corrected chi connectivity index (χ0v) is 11.7. The molecule has 1 saturated heterocycles. The van der Waals surface area contributed by atoms with E-state index in [1.807, 2.05) is 36.1 Å². The van der Waals surface area contributed by atoms with Crippen LogP contribution in [0.15, 0.2) is 24.3 Å². The largest absolute Gasteiger partial charge is 0.481 e. The number of carbonyl (C=O) groups is 1. The Morgan fingerprint density at radius 2 is 2.00 bits per heavy atom. The van der Waals surface area contributed by atoms with E-state index >= 15 is 0 Å². The van der Waals surface area contributed by atoms with Gasteiger partial charge in [0, 0.05) is 23.9 Å². The molecule has 0 amide bonds. The van der Waals surface area contributed by atoms with Crippen LogP contribution < -0.4 is 4.90 Å². The van der Waals surface area contributed by atoms with Crippen LogP contribution in [0.3, 0.4) is 0 Å². The Balaban J connectivity index is 2.01. The molecule has 6 nitrogen and oxygen atoms in total. The van der Waals surface area contributed by atoms with Gasteiger partial charge in [0.25, 0.3) is 0 Å². The van der Waals surface area contributed by atoms with E-state index in [0.29, 0.717) is 18.8 Å². The number of hydrogen-bond acceptors (Lipinski definition) is 5. The summed E-state index contributed by atoms with van der Waals surface area (Å²) in [6.07, 6.45) is -0.385. The summed E-state index contributed by atoms with van der Waals surface area (Å²) in [6.45, 7) is 2.73. The minimum atomic E-state index is -0.975. The van der Waals surface area contributed by atoms with Crippen molar-refractivity contribution in [3.05, 3.63) is 30.0 Å². The molecule has 6 heteroatoms. The van der Waals surface area contributed by atoms with E-state index in [-0.39, 0.29) is 6.54 Å². The van der Waals surface area contributed by atoms with Crippen LogP contribution in [0, 0.1) is 12.8 Å². The Morgan fingerprint density at radius 1 is 1.29 bits per heavy atom. The maximum absolute atomic E-state index is 11.2. The van der Waals surface area contributed by atoms with Crippen LogP contribution in [0.5, 0.6) is 0 Å². The highest BCUT2D eigenvalue weighted by Crippen LogP contribution is 2.29. The summed E-state index contributed by atoms with van der Waals surface area (Å²) >= 11 is 0. The highest BCUT2D eigenvalue weighted by molar-refractivity contribution is 5.93. The molecule has 0 spiro atoms. The predicted molar refractivity (Wildman–Crippen MR) is 78.2 cm³/mol. The van der Waals surface area contributed by atoms with Crippen LogP contribution in [0.1, 0.15) is 12.1 Å². The highest BCUT2D eigenvalue weighted by Gasteiger charge is 2.34. The normalized spacial score (nSPS) is 22.5. The van der Waals surface area contributed by atoms with Gasteiger partial charge in [-0.05, 0) is 13.3 Å². The average molecular weight is 287 g/mol. The number of carboxylic acid groups (broad SMARTS) is 1. The fourth-order valence-electron chi connectivity index (χ4n) is 2.83. The third kappa shape index (κ3) is 2.42. The molecule has 2 atom stereocenters. The SMILES string of the molecule is Cc1nnc(N2CC[C@@H](O)[C@H](C(=O)O)C2)c2ccccc12. The van der Waals surface area contributed by atoms with Crippen molar-refractivity contribution < 1.29 is 15.0 Å². The zero-order chi connectivity index (χ0) is 15.0. The quantitative estimate of drug-likeness (QED) is 0.863. The smallest absolute Gasteiger partial charge is 0.310 e. The zero-order valence-electron chi connectivity index (χ0n) is 11.7. The van der Waals surface area contributed by atoms with E-state index in [0.717, 1.165) is 16.5 Å². The van der Waals surface area contributed by atoms with Crippen molar-refractivity contribution in [2.45, 2.75) is 19.4 Å². The topological polar surface area (TPSA) is 86.5 Å². The minimum Gasteiger partial charge on any atom is -0.481 e. The van der Waals surface area contributed by atoms with Gasteiger partial charge in [-0.2, -0.15) is 5.10 Å². The number of piperidine rings is 1. The van der Waals surface area contributed by atoms with Crippen molar-refractivity contribution in [2.75, 3.05) is 18.0 Å². The molecule has 1 aliphatic rings. The molecule has 0 radical (unpaired) electrons. The van der Waals surface area contributed by atoms with Crippen LogP contribution in [0.2, 0.25) is 0 Å². The van der Waals surface area contributed by atoms with E-state index in [1.54, 1.807) is 0 Å². The number of aromatic nitrogens is 2. The van der Waals surface area contributed by atoms with Gasteiger partial charge in [-0.3, -0.25) is 4.79 Å². The summed E-state index contributed by atoms with van der Waals surface area (Å²) in [6, 6.07) is 7.82. The number of rotatable bonds is 2. The molecule has 1 aromatic heterocycles. The second kappa shape index (κ2) is 5.29. The minimum absolute atomic E-state index is 0.248. The molecule has 0 aliphatic carbocycles. The Hall–Kier alpha value is -2.21. The van der Waals surface area contributed by atoms with Crippen molar-refractivity contribution in [3.63, 3.8) is 0 Å². The fraction of sp³-hybridized carbons (Fsp3) is 0.400. The van der Waals surface area contributed by atoms with Gasteiger partial charge in [0.15, 0.2) is 5.82 Å². The molecule has 21 heavy (non-hydrogen) atoms. The second-order valence-electron chi connectivity index (χ2n) is 5.40. The first-order valence-corrected chi connectivity index (χ1v) is 6.96. The van der Waals surface area contributed by atoms with E-state index < -0.39 is 18.0 Å². The molecule has 0 unspecified atom stereocenters. The molecule has 2 N–H and O–H groups in total. The molecule has 1 fully saturated rings. The Morgan fingerprint density at radius 3 is 2.71 bits per heavy atom. The lowest BCUT2D eigenvalue weighted by Gasteiger charge is -2.35. The molecule has 0 bridgehead atoms. The fourth-order valence-corrected chi connectivity index (χ4v) is 2.83. The third-order valence-electron chi connectivity index (χ3n) is 4.05. The van der Waals surface area contributed by atoms with Crippen LogP contribution >= 0.6 is 0 Å². The number of aliphatic carboxylic acids is 1. The number of benzene rings is 1. The lowest BCUT2D eigenvalue weighted by Crippen LogP contribution is -2.47. The maximum Gasteiger partial charge on any atom is 0.310 e. The van der Waals surface area contributed by atoms with Crippen LogP contribution in [-0.4, -0.2) is 45.6 Å². The van der Waals surface area contributed by atoms with E-state index in [9.17, 15) is 15.0 Å². The van der Waals surface area contributed by atoms with Crippen LogP contribution in [0.25, 0.3) is 10.8 Å². The van der Waals surface area contributed by atoms with Crippen molar-refractivity contribution in [1.29, 1.82) is 0 Å². The summed E-state index contributed by atoms with van der Waals surface area (Å²) in [5, 5.41) is 29.4. The van der Waals surface area contributed by atoms with Gasteiger partial charge in [-0.15, -0.1) is 5.10 Å². The van der Waals surface area contributed by atoms with Gasteiger partial charge >= 0.3 is 5.97 Å². The van der Waals surface area contributed by atoms with Crippen molar-refractivity contribution in [1.82, 2.24) is 10.2 Å². The Kier molecular flexibility index (Phi) is 3.47. The van der Waals surface area contributed by atoms with Crippen LogP contribution in [-0.2, 0) is 4.79 Å². The Labute approximate surface area is 122 Å². The monoisotopic (exact) mass is 287 g/mol. The lowest BCUT2D eigenvalue weighted by molar-refractivity contribution is -0.146. The average Bonchev–Trinajstić information content (AvgIpc) is 2.48. The predicted octanol–water partition coefficient (Wildman–Crippen LogP) is 1.21. The molecular formula is C15H17N3O3. The van der Waals surface area contributed by atoms with Gasteiger partial charge in [0.05, 0.1) is 11.8 Å². The lowest BCUT2D eigenvalue weighted by atomic mass is 9.94. The number of anilines is 1. The highest BCUT2D eigenvalue weighted by atomic mass is 16.4.